The van der Waals surface area contributed by atoms with E-state index in [-0.39, 0.29) is 18.1 Å². The van der Waals surface area contributed by atoms with Crippen LogP contribution >= 0.6 is 11.3 Å². The fourth-order valence-electron chi connectivity index (χ4n) is 2.96. The summed E-state index contributed by atoms with van der Waals surface area (Å²) >= 11 is 1.37. The molecule has 0 spiro atoms. The maximum atomic E-state index is 13.0. The fourth-order valence-corrected chi connectivity index (χ4v) is 3.79. The number of benzene rings is 1. The summed E-state index contributed by atoms with van der Waals surface area (Å²) in [5.74, 6) is -1.63. The molecule has 2 aromatic rings. The summed E-state index contributed by atoms with van der Waals surface area (Å²) in [6.45, 7) is 0. The average molecular weight is 348 g/mol. The maximum absolute atomic E-state index is 13.0. The predicted octanol–water partition coefficient (Wildman–Crippen LogP) is 3.01. The molecular weight excluding hydrogens is 331 g/mol. The summed E-state index contributed by atoms with van der Waals surface area (Å²) in [7, 11) is 0. The lowest BCUT2D eigenvalue weighted by atomic mass is 9.97. The largest absolute Gasteiger partial charge is 0.480 e. The number of amides is 1. The molecule has 3 rings (SSSR count). The molecule has 0 unspecified atom stereocenters. The lowest BCUT2D eigenvalue weighted by Gasteiger charge is -2.25. The normalized spacial score (nSPS) is 16.0. The zero-order valence-corrected chi connectivity index (χ0v) is 13.7. The molecule has 1 aliphatic carbocycles. The van der Waals surface area contributed by atoms with E-state index in [1.54, 1.807) is 17.5 Å². The molecule has 0 bridgehead atoms. The summed E-state index contributed by atoms with van der Waals surface area (Å²) in [5.41, 5.74) is 0.230. The van der Waals surface area contributed by atoms with Gasteiger partial charge >= 0.3 is 5.97 Å². The van der Waals surface area contributed by atoms with Crippen molar-refractivity contribution in [2.75, 3.05) is 0 Å². The second kappa shape index (κ2) is 6.68. The second-order valence-corrected chi connectivity index (χ2v) is 6.83. The molecule has 1 aromatic heterocycles. The molecule has 1 aromatic carbocycles. The van der Waals surface area contributed by atoms with Crippen LogP contribution in [-0.4, -0.2) is 27.5 Å². The van der Waals surface area contributed by atoms with Crippen LogP contribution in [0, 0.1) is 5.82 Å². The lowest BCUT2D eigenvalue weighted by molar-refractivity contribution is -0.147. The Bertz CT molecular complexity index is 751. The van der Waals surface area contributed by atoms with Crippen LogP contribution in [0.15, 0.2) is 29.6 Å². The van der Waals surface area contributed by atoms with Gasteiger partial charge in [0.2, 0.25) is 5.91 Å². The zero-order valence-electron chi connectivity index (χ0n) is 12.9. The van der Waals surface area contributed by atoms with E-state index in [0.29, 0.717) is 23.5 Å². The van der Waals surface area contributed by atoms with Gasteiger partial charge in [-0.3, -0.25) is 4.79 Å². The summed E-state index contributed by atoms with van der Waals surface area (Å²) in [6.07, 6.45) is 2.57. The van der Waals surface area contributed by atoms with Crippen molar-refractivity contribution < 1.29 is 19.1 Å². The van der Waals surface area contributed by atoms with E-state index in [9.17, 15) is 19.1 Å². The predicted molar refractivity (Wildman–Crippen MR) is 88.2 cm³/mol. The van der Waals surface area contributed by atoms with Crippen LogP contribution in [0.1, 0.15) is 31.4 Å². The number of carbonyl (C=O) groups excluding carboxylic acids is 1. The Balaban J connectivity index is 1.67. The van der Waals surface area contributed by atoms with Gasteiger partial charge < -0.3 is 10.4 Å². The maximum Gasteiger partial charge on any atom is 0.329 e. The summed E-state index contributed by atoms with van der Waals surface area (Å²) < 4.78 is 13.0. The number of halogens is 1. The molecule has 1 heterocycles. The van der Waals surface area contributed by atoms with Crippen LogP contribution in [0.25, 0.3) is 10.6 Å². The van der Waals surface area contributed by atoms with E-state index in [1.807, 2.05) is 0 Å². The third kappa shape index (κ3) is 3.46. The second-order valence-electron chi connectivity index (χ2n) is 5.97. The van der Waals surface area contributed by atoms with Crippen molar-refractivity contribution in [1.29, 1.82) is 0 Å². The van der Waals surface area contributed by atoms with Gasteiger partial charge in [-0.2, -0.15) is 0 Å². The minimum Gasteiger partial charge on any atom is -0.480 e. The van der Waals surface area contributed by atoms with Crippen molar-refractivity contribution in [1.82, 2.24) is 10.3 Å². The molecule has 0 radical (unpaired) electrons. The first-order valence-electron chi connectivity index (χ1n) is 7.73. The summed E-state index contributed by atoms with van der Waals surface area (Å²) in [4.78, 5) is 28.1. The van der Waals surface area contributed by atoms with Gasteiger partial charge in [-0.25, -0.2) is 14.2 Å². The van der Waals surface area contributed by atoms with Crippen molar-refractivity contribution in [3.8, 4) is 10.6 Å². The van der Waals surface area contributed by atoms with Crippen molar-refractivity contribution in [3.63, 3.8) is 0 Å². The van der Waals surface area contributed by atoms with Gasteiger partial charge in [0.25, 0.3) is 0 Å². The van der Waals surface area contributed by atoms with E-state index >= 15 is 0 Å². The molecule has 2 N–H and O–H groups in total. The van der Waals surface area contributed by atoms with Gasteiger partial charge in [0.15, 0.2) is 0 Å². The monoisotopic (exact) mass is 348 g/mol. The number of carboxylic acids is 1. The Labute approximate surface area is 142 Å². The first-order chi connectivity index (χ1) is 11.5. The first-order valence-corrected chi connectivity index (χ1v) is 8.61. The quantitative estimate of drug-likeness (QED) is 0.870. The number of aliphatic carboxylic acids is 1. The molecular formula is C17H17FN2O3S. The molecule has 1 aliphatic rings. The molecule has 1 fully saturated rings. The molecule has 0 aliphatic heterocycles. The highest BCUT2D eigenvalue weighted by molar-refractivity contribution is 7.13. The van der Waals surface area contributed by atoms with E-state index < -0.39 is 11.5 Å². The molecule has 24 heavy (non-hydrogen) atoms. The molecule has 5 nitrogen and oxygen atoms in total. The zero-order chi connectivity index (χ0) is 17.2. The number of hydrogen-bond donors (Lipinski definition) is 2. The van der Waals surface area contributed by atoms with Gasteiger partial charge in [-0.05, 0) is 37.1 Å². The standard InChI is InChI=1S/C17H17FN2O3S/c18-12-5-3-11(4-6-12)15-19-13(10-24-15)9-14(21)20-17(16(22)23)7-1-2-8-17/h3-6,10H,1-2,7-9H2,(H,20,21)(H,22,23). The van der Waals surface area contributed by atoms with Crippen LogP contribution in [0.3, 0.4) is 0 Å². The third-order valence-corrected chi connectivity index (χ3v) is 5.17. The summed E-state index contributed by atoms with van der Waals surface area (Å²) in [6, 6.07) is 5.99. The Morgan fingerprint density at radius 2 is 1.92 bits per heavy atom. The van der Waals surface area contributed by atoms with Crippen LogP contribution < -0.4 is 5.32 Å². The van der Waals surface area contributed by atoms with Gasteiger partial charge in [0, 0.05) is 10.9 Å². The van der Waals surface area contributed by atoms with E-state index in [1.165, 1.54) is 23.5 Å². The number of hydrogen-bond acceptors (Lipinski definition) is 4. The molecule has 0 atom stereocenters. The Morgan fingerprint density at radius 3 is 2.54 bits per heavy atom. The minimum atomic E-state index is -1.13. The molecule has 126 valence electrons. The minimum absolute atomic E-state index is 0.0344. The number of nitrogens with zero attached hydrogens (tertiary/aromatic N) is 1. The van der Waals surface area contributed by atoms with Gasteiger partial charge in [0.1, 0.15) is 16.4 Å². The number of carbonyl (C=O) groups is 2. The Kier molecular flexibility index (Phi) is 4.62. The SMILES string of the molecule is O=C(Cc1csc(-c2ccc(F)cc2)n1)NC1(C(=O)O)CCCC1. The number of aromatic nitrogens is 1. The van der Waals surface area contributed by atoms with Crippen LogP contribution in [0.5, 0.6) is 0 Å². The average Bonchev–Trinajstić information content (AvgIpc) is 3.18. The van der Waals surface area contributed by atoms with Gasteiger partial charge in [-0.15, -0.1) is 11.3 Å². The highest BCUT2D eigenvalue weighted by atomic mass is 32.1. The number of nitrogens with one attached hydrogen (secondary N) is 1. The van der Waals surface area contributed by atoms with Crippen molar-refractivity contribution in [2.24, 2.45) is 0 Å². The molecule has 1 saturated carbocycles. The number of thiazole rings is 1. The van der Waals surface area contributed by atoms with Crippen LogP contribution in [0.2, 0.25) is 0 Å². The highest BCUT2D eigenvalue weighted by Crippen LogP contribution is 2.30. The van der Waals surface area contributed by atoms with Crippen molar-refractivity contribution in [3.05, 3.63) is 41.2 Å². The van der Waals surface area contributed by atoms with E-state index in [0.717, 1.165) is 18.4 Å². The van der Waals surface area contributed by atoms with Gasteiger partial charge in [0.05, 0.1) is 12.1 Å². The highest BCUT2D eigenvalue weighted by Gasteiger charge is 2.42. The van der Waals surface area contributed by atoms with E-state index in [2.05, 4.69) is 10.3 Å². The Hall–Kier alpha value is -2.28. The number of rotatable bonds is 5. The van der Waals surface area contributed by atoms with Crippen molar-refractivity contribution >= 4 is 23.2 Å². The van der Waals surface area contributed by atoms with Crippen LogP contribution in [0.4, 0.5) is 4.39 Å². The first kappa shape index (κ1) is 16.6. The van der Waals surface area contributed by atoms with Gasteiger partial charge in [-0.1, -0.05) is 12.8 Å². The molecule has 1 amide bonds. The third-order valence-electron chi connectivity index (χ3n) is 4.23. The fraction of sp³-hybridized carbons (Fsp3) is 0.353. The topological polar surface area (TPSA) is 79.3 Å². The molecule has 7 heteroatoms. The molecule has 0 saturated heterocycles. The van der Waals surface area contributed by atoms with Crippen LogP contribution in [-0.2, 0) is 16.0 Å². The Morgan fingerprint density at radius 1 is 1.25 bits per heavy atom. The lowest BCUT2D eigenvalue weighted by Crippen LogP contribution is -2.52. The van der Waals surface area contributed by atoms with Crippen molar-refractivity contribution in [2.45, 2.75) is 37.6 Å². The number of carboxylic acid groups (broad SMARTS) is 1. The van der Waals surface area contributed by atoms with E-state index in [4.69, 9.17) is 0 Å². The summed E-state index contributed by atoms with van der Waals surface area (Å²) in [5, 5.41) is 14.5. The smallest absolute Gasteiger partial charge is 0.329 e.